The van der Waals surface area contributed by atoms with Gasteiger partial charge in [-0.05, 0) is 24.2 Å². The van der Waals surface area contributed by atoms with Gasteiger partial charge in [-0.25, -0.2) is 0 Å². The smallest absolute Gasteiger partial charge is 0.0378 e. The zero-order valence-corrected chi connectivity index (χ0v) is 14.4. The normalized spacial score (nSPS) is 23.7. The molecule has 0 radical (unpaired) electrons. The largest absolute Gasteiger partial charge is 0.369 e. The van der Waals surface area contributed by atoms with Gasteiger partial charge in [0.15, 0.2) is 0 Å². The first-order chi connectivity index (χ1) is 9.10. The molecule has 0 bridgehead atoms. The summed E-state index contributed by atoms with van der Waals surface area (Å²) in [5.74, 6) is 0. The Labute approximate surface area is 129 Å². The van der Waals surface area contributed by atoms with Gasteiger partial charge in [0.2, 0.25) is 0 Å². The fourth-order valence-corrected chi connectivity index (χ4v) is 4.36. The Morgan fingerprint density at radius 3 is 2.58 bits per heavy atom. The van der Waals surface area contributed by atoms with Crippen molar-refractivity contribution in [2.45, 2.75) is 37.8 Å². The first kappa shape index (κ1) is 15.2. The van der Waals surface area contributed by atoms with Gasteiger partial charge in [-0.15, -0.1) is 0 Å². The van der Waals surface area contributed by atoms with E-state index in [4.69, 9.17) is 0 Å². The third-order valence-electron chi connectivity index (χ3n) is 3.39. The van der Waals surface area contributed by atoms with E-state index < -0.39 is 0 Å². The molecule has 1 fully saturated rings. The number of nitrogens with zero attached hydrogens (tertiary/aromatic N) is 1. The number of rotatable bonds is 4. The number of halogens is 1. The first-order valence-corrected chi connectivity index (χ1v) is 8.73. The van der Waals surface area contributed by atoms with Gasteiger partial charge in [-0.2, -0.15) is 11.8 Å². The van der Waals surface area contributed by atoms with Crippen LogP contribution in [0.25, 0.3) is 0 Å². The summed E-state index contributed by atoms with van der Waals surface area (Å²) in [5.41, 5.74) is 2.67. The summed E-state index contributed by atoms with van der Waals surface area (Å²) < 4.78 is 1.21. The SMILES string of the molecule is CCNCc1ccc(N2CC(C)SC(C)C2)cc1Br. The molecule has 2 atom stereocenters. The van der Waals surface area contributed by atoms with Crippen molar-refractivity contribution in [3.05, 3.63) is 28.2 Å². The van der Waals surface area contributed by atoms with Crippen LogP contribution in [0.5, 0.6) is 0 Å². The van der Waals surface area contributed by atoms with Crippen molar-refractivity contribution < 1.29 is 0 Å². The molecular weight excluding hydrogens is 320 g/mol. The molecule has 0 aromatic heterocycles. The molecule has 0 spiro atoms. The van der Waals surface area contributed by atoms with Crippen molar-refractivity contribution >= 4 is 33.4 Å². The lowest BCUT2D eigenvalue weighted by Gasteiger charge is -2.36. The van der Waals surface area contributed by atoms with E-state index in [0.717, 1.165) is 26.2 Å². The van der Waals surface area contributed by atoms with Crippen molar-refractivity contribution in [1.29, 1.82) is 0 Å². The average molecular weight is 343 g/mol. The molecule has 1 aliphatic rings. The van der Waals surface area contributed by atoms with Crippen molar-refractivity contribution in [1.82, 2.24) is 5.32 Å². The summed E-state index contributed by atoms with van der Waals surface area (Å²) in [7, 11) is 0. The fourth-order valence-electron chi connectivity index (χ4n) is 2.52. The third-order valence-corrected chi connectivity index (χ3v) is 5.35. The fraction of sp³-hybridized carbons (Fsp3) is 0.600. The van der Waals surface area contributed by atoms with E-state index in [1.165, 1.54) is 15.7 Å². The number of hydrogen-bond acceptors (Lipinski definition) is 3. The minimum Gasteiger partial charge on any atom is -0.369 e. The Morgan fingerprint density at radius 2 is 2.00 bits per heavy atom. The lowest BCUT2D eigenvalue weighted by atomic mass is 10.1. The van der Waals surface area contributed by atoms with E-state index in [1.54, 1.807) is 0 Å². The molecule has 0 aliphatic carbocycles. The number of thioether (sulfide) groups is 1. The average Bonchev–Trinajstić information content (AvgIpc) is 2.36. The highest BCUT2D eigenvalue weighted by atomic mass is 79.9. The second kappa shape index (κ2) is 7.00. The Hall–Kier alpha value is -0.190. The Bertz CT molecular complexity index is 415. The van der Waals surface area contributed by atoms with Crippen LogP contribution in [0.2, 0.25) is 0 Å². The van der Waals surface area contributed by atoms with Gasteiger partial charge < -0.3 is 10.2 Å². The maximum absolute atomic E-state index is 3.70. The van der Waals surface area contributed by atoms with Crippen LogP contribution >= 0.6 is 27.7 Å². The van der Waals surface area contributed by atoms with E-state index >= 15 is 0 Å². The highest BCUT2D eigenvalue weighted by Gasteiger charge is 2.22. The molecule has 2 nitrogen and oxygen atoms in total. The highest BCUT2D eigenvalue weighted by Crippen LogP contribution is 2.31. The lowest BCUT2D eigenvalue weighted by molar-refractivity contribution is 0.719. The molecule has 1 aliphatic heterocycles. The second-order valence-corrected chi connectivity index (χ2v) is 7.95. The third kappa shape index (κ3) is 4.14. The van der Waals surface area contributed by atoms with Gasteiger partial charge in [0.05, 0.1) is 0 Å². The molecule has 4 heteroatoms. The Morgan fingerprint density at radius 1 is 1.32 bits per heavy atom. The van der Waals surface area contributed by atoms with Gasteiger partial charge in [0, 0.05) is 40.3 Å². The summed E-state index contributed by atoms with van der Waals surface area (Å²) >= 11 is 5.80. The molecule has 1 aromatic rings. The second-order valence-electron chi connectivity index (χ2n) is 5.22. The van der Waals surface area contributed by atoms with E-state index in [2.05, 4.69) is 76.9 Å². The summed E-state index contributed by atoms with van der Waals surface area (Å²) in [4.78, 5) is 2.51. The summed E-state index contributed by atoms with van der Waals surface area (Å²) in [6, 6.07) is 6.76. The van der Waals surface area contributed by atoms with Crippen LogP contribution < -0.4 is 10.2 Å². The minimum absolute atomic E-state index is 0.712. The lowest BCUT2D eigenvalue weighted by Crippen LogP contribution is -2.40. The van der Waals surface area contributed by atoms with Crippen molar-refractivity contribution in [3.8, 4) is 0 Å². The van der Waals surface area contributed by atoms with Gasteiger partial charge in [-0.3, -0.25) is 0 Å². The van der Waals surface area contributed by atoms with Crippen LogP contribution in [0.3, 0.4) is 0 Å². The molecule has 0 amide bonds. The first-order valence-electron chi connectivity index (χ1n) is 6.99. The van der Waals surface area contributed by atoms with E-state index in [9.17, 15) is 0 Å². The molecule has 1 heterocycles. The number of nitrogens with one attached hydrogen (secondary N) is 1. The van der Waals surface area contributed by atoms with Crippen LogP contribution in [-0.4, -0.2) is 30.1 Å². The topological polar surface area (TPSA) is 15.3 Å². The molecular formula is C15H23BrN2S. The van der Waals surface area contributed by atoms with Gasteiger partial charge in [-0.1, -0.05) is 42.8 Å². The van der Waals surface area contributed by atoms with Crippen LogP contribution in [0.15, 0.2) is 22.7 Å². The molecule has 1 saturated heterocycles. The van der Waals surface area contributed by atoms with Gasteiger partial charge in [0.25, 0.3) is 0 Å². The van der Waals surface area contributed by atoms with E-state index in [1.807, 2.05) is 0 Å². The Balaban J connectivity index is 2.10. The highest BCUT2D eigenvalue weighted by molar-refractivity contribution is 9.10. The zero-order chi connectivity index (χ0) is 13.8. The molecule has 1 aromatic carbocycles. The summed E-state index contributed by atoms with van der Waals surface area (Å²) in [6.45, 7) is 11.0. The van der Waals surface area contributed by atoms with E-state index in [0.29, 0.717) is 10.5 Å². The number of anilines is 1. The maximum atomic E-state index is 3.70. The van der Waals surface area contributed by atoms with Gasteiger partial charge in [0.1, 0.15) is 0 Å². The summed E-state index contributed by atoms with van der Waals surface area (Å²) in [5, 5.41) is 4.80. The molecule has 1 N–H and O–H groups in total. The van der Waals surface area contributed by atoms with E-state index in [-0.39, 0.29) is 0 Å². The molecule has 0 saturated carbocycles. The zero-order valence-electron chi connectivity index (χ0n) is 11.9. The standard InChI is InChI=1S/C15H23BrN2S/c1-4-17-8-13-5-6-14(7-15(13)16)18-9-11(2)19-12(3)10-18/h5-7,11-12,17H,4,8-10H2,1-3H3. The number of benzene rings is 1. The molecule has 2 rings (SSSR count). The summed E-state index contributed by atoms with van der Waals surface area (Å²) in [6.07, 6.45) is 0. The maximum Gasteiger partial charge on any atom is 0.0378 e. The Kier molecular flexibility index (Phi) is 5.60. The van der Waals surface area contributed by atoms with Crippen molar-refractivity contribution in [3.63, 3.8) is 0 Å². The predicted molar refractivity (Wildman–Crippen MR) is 90.3 cm³/mol. The van der Waals surface area contributed by atoms with Crippen LogP contribution in [0, 0.1) is 0 Å². The quantitative estimate of drug-likeness (QED) is 0.893. The molecule has 106 valence electrons. The van der Waals surface area contributed by atoms with Gasteiger partial charge >= 0.3 is 0 Å². The minimum atomic E-state index is 0.712. The number of hydrogen-bond donors (Lipinski definition) is 1. The molecule has 19 heavy (non-hydrogen) atoms. The van der Waals surface area contributed by atoms with Crippen LogP contribution in [0.4, 0.5) is 5.69 Å². The van der Waals surface area contributed by atoms with Crippen LogP contribution in [-0.2, 0) is 6.54 Å². The monoisotopic (exact) mass is 342 g/mol. The van der Waals surface area contributed by atoms with Crippen molar-refractivity contribution in [2.75, 3.05) is 24.5 Å². The predicted octanol–water partition coefficient (Wildman–Crippen LogP) is 3.89. The molecule has 2 unspecified atom stereocenters. The van der Waals surface area contributed by atoms with Crippen molar-refractivity contribution in [2.24, 2.45) is 0 Å². The van der Waals surface area contributed by atoms with Crippen LogP contribution in [0.1, 0.15) is 26.3 Å².